The molecule has 0 radical (unpaired) electrons. The minimum atomic E-state index is -1.06. The molecule has 2 aromatic carbocycles. The average molecular weight is 1340 g/mol. The van der Waals surface area contributed by atoms with Crippen LogP contribution in [-0.2, 0) is 75.0 Å². The number of benzene rings is 2. The number of unbranched alkanes of at least 4 members (excludes halogenated alkanes) is 2. The Hall–Kier alpha value is -7.51. The number of esters is 1. The number of likely N-dealkylation sites (tertiary alicyclic amines) is 2. The molecule has 0 spiro atoms. The minimum Gasteiger partial charge on any atom is -0.467 e. The molecule has 2 heterocycles. The highest BCUT2D eigenvalue weighted by atomic mass is 16.5. The Kier molecular flexibility index (Phi) is 33.9. The summed E-state index contributed by atoms with van der Waals surface area (Å²) in [5.74, 6) is -5.63. The summed E-state index contributed by atoms with van der Waals surface area (Å²) < 4.78 is 17.2. The number of hydrogen-bond donors (Lipinski definition) is 7. The van der Waals surface area contributed by atoms with Crippen LogP contribution in [0.4, 0.5) is 10.5 Å². The molecular weight excluding hydrogens is 1230 g/mol. The predicted octanol–water partition coefficient (Wildman–Crippen LogP) is 5.51. The van der Waals surface area contributed by atoms with Crippen LogP contribution in [0.2, 0.25) is 0 Å². The van der Waals surface area contributed by atoms with Crippen LogP contribution in [0.25, 0.3) is 0 Å². The summed E-state index contributed by atoms with van der Waals surface area (Å²) in [7, 11) is 7.85. The van der Waals surface area contributed by atoms with E-state index in [1.54, 1.807) is 49.8 Å². The first-order chi connectivity index (χ1) is 45.5. The summed E-state index contributed by atoms with van der Waals surface area (Å²) in [6.45, 7) is 20.1. The lowest BCUT2D eigenvalue weighted by Crippen LogP contribution is -2.60. The highest BCUT2D eigenvalue weighted by molar-refractivity contribution is 6.03. The number of carbonyl (C=O) groups is 11. The number of hydrogen-bond acceptors (Lipinski definition) is 15. The van der Waals surface area contributed by atoms with Crippen LogP contribution >= 0.6 is 0 Å². The number of rotatable bonds is 41. The Labute approximate surface area is 569 Å². The molecule has 25 nitrogen and oxygen atoms in total. The Morgan fingerprint density at radius 2 is 1.36 bits per heavy atom. The number of amides is 11. The molecule has 4 rings (SSSR count). The predicted molar refractivity (Wildman–Crippen MR) is 366 cm³/mol. The van der Waals surface area contributed by atoms with Gasteiger partial charge in [-0.05, 0) is 105 Å². The second-order valence-electron chi connectivity index (χ2n) is 27.0. The molecule has 96 heavy (non-hydrogen) atoms. The number of primary amides is 1. The molecule has 1 unspecified atom stereocenters. The van der Waals surface area contributed by atoms with E-state index < -0.39 is 90.1 Å². The van der Waals surface area contributed by atoms with Crippen LogP contribution in [0, 0.1) is 35.5 Å². The summed E-state index contributed by atoms with van der Waals surface area (Å²) in [6.07, 6.45) is 4.14. The van der Waals surface area contributed by atoms with Gasteiger partial charge in [-0.3, -0.25) is 53.0 Å². The van der Waals surface area contributed by atoms with E-state index in [1.165, 1.54) is 26.2 Å². The average Bonchev–Trinajstić information content (AvgIpc) is 1.27. The number of nitrogens with one attached hydrogen (secondary N) is 6. The van der Waals surface area contributed by atoms with Gasteiger partial charge in [-0.1, -0.05) is 125 Å². The monoisotopic (exact) mass is 1340 g/mol. The zero-order valence-corrected chi connectivity index (χ0v) is 59.7. The Morgan fingerprint density at radius 1 is 0.708 bits per heavy atom. The largest absolute Gasteiger partial charge is 0.467 e. The van der Waals surface area contributed by atoms with Gasteiger partial charge in [0.2, 0.25) is 53.2 Å². The van der Waals surface area contributed by atoms with E-state index in [9.17, 15) is 52.7 Å². The van der Waals surface area contributed by atoms with Crippen molar-refractivity contribution in [3.8, 4) is 0 Å². The van der Waals surface area contributed by atoms with Crippen molar-refractivity contribution in [2.75, 3.05) is 66.9 Å². The van der Waals surface area contributed by atoms with Crippen molar-refractivity contribution >= 4 is 70.9 Å². The fourth-order valence-electron chi connectivity index (χ4n) is 13.1. The third kappa shape index (κ3) is 23.9. The van der Waals surface area contributed by atoms with Gasteiger partial charge in [0.1, 0.15) is 24.2 Å². The molecule has 11 amide bonds. The van der Waals surface area contributed by atoms with Crippen molar-refractivity contribution in [1.29, 1.82) is 0 Å². The standard InChI is InChI=1S/C71H113N11O14/c1-16-46(9)62(55(94-13)42-58(85)81-38-25-29-54(81)63(95-14)47(10)64(86)76-53(70(92)96-15)40-49-26-20-18-21-27-49)80(12)69(91)60(44(5)6)78-67(89)61(45(7)8)79(11)39-35-48-31-33-51(34-32-48)74-65(87)52(28-24-36-73-71(72)93)75-66(88)59(43(3)4)77-56(83)30-22-19-23-37-82-57(84)41-50(17-2)68(82)90/h18,20-21,26-27,31-34,43-47,50,52-55,59-63H,16-17,19,22-25,28-30,35-42H2,1-15H3,(H,74,87)(H,75,88)(H,76,86)(H,77,83)(H,78,89)(H3,72,73,93)/t46-,47+,50?,52-,53-,54-,55+,59-,60-,61-,62-,63+/m0/s1. The molecule has 0 bridgehead atoms. The quantitative estimate of drug-likeness (QED) is 0.0245. The number of nitrogens with two attached hydrogens (primary N) is 1. The maximum absolute atomic E-state index is 14.9. The van der Waals surface area contributed by atoms with Crippen LogP contribution in [0.3, 0.4) is 0 Å². The number of nitrogens with zero attached hydrogens (tertiary/aromatic N) is 4. The maximum atomic E-state index is 14.9. The second-order valence-corrected chi connectivity index (χ2v) is 27.0. The number of ether oxygens (including phenoxy) is 3. The SMILES string of the molecule is CCC1CC(=O)N(CCCCCC(=O)N[C@H](C(=O)N[C@@H](CCCNC(N)=O)C(=O)Nc2ccc(CCN(C)[C@H](C(=O)N[C@H](C(=O)N(C)[C@@H]([C@@H](C)CC)[C@@H](CC(=O)N3CCC[C@H]3[C@H](OC)[C@@H](C)C(=O)N[C@@H](Cc3ccccc3)C(=O)OC)OC)C(C)C)C(C)C)cc2)C(C)C)C1=O. The zero-order chi connectivity index (χ0) is 71.5. The van der Waals surface area contributed by atoms with Crippen molar-refractivity contribution in [3.63, 3.8) is 0 Å². The van der Waals surface area contributed by atoms with E-state index in [0.29, 0.717) is 83.1 Å². The van der Waals surface area contributed by atoms with Gasteiger partial charge < -0.3 is 61.6 Å². The van der Waals surface area contributed by atoms with E-state index >= 15 is 0 Å². The molecule has 2 saturated heterocycles. The van der Waals surface area contributed by atoms with Crippen LogP contribution in [0.1, 0.15) is 157 Å². The van der Waals surface area contributed by atoms with Gasteiger partial charge in [-0.2, -0.15) is 0 Å². The normalized spacial score (nSPS) is 18.0. The third-order valence-corrected chi connectivity index (χ3v) is 18.9. The van der Waals surface area contributed by atoms with Crippen LogP contribution in [0.15, 0.2) is 54.6 Å². The molecule has 536 valence electrons. The van der Waals surface area contributed by atoms with Crippen molar-refractivity contribution in [1.82, 2.24) is 46.2 Å². The minimum absolute atomic E-state index is 0.0722. The number of anilines is 1. The summed E-state index contributed by atoms with van der Waals surface area (Å²) in [6, 6.07) is 10.2. The molecule has 2 fully saturated rings. The van der Waals surface area contributed by atoms with Gasteiger partial charge >= 0.3 is 12.0 Å². The highest BCUT2D eigenvalue weighted by Crippen LogP contribution is 2.31. The van der Waals surface area contributed by atoms with E-state index in [2.05, 4.69) is 31.9 Å². The maximum Gasteiger partial charge on any atom is 0.328 e. The molecule has 0 aliphatic carbocycles. The van der Waals surface area contributed by atoms with E-state index in [0.717, 1.165) is 11.1 Å². The Bertz CT molecular complexity index is 2880. The van der Waals surface area contributed by atoms with Gasteiger partial charge in [0, 0.05) is 78.3 Å². The molecule has 0 aromatic heterocycles. The summed E-state index contributed by atoms with van der Waals surface area (Å²) in [5.41, 5.74) is 7.48. The molecule has 12 atom stereocenters. The molecule has 8 N–H and O–H groups in total. The van der Waals surface area contributed by atoms with Crippen molar-refractivity contribution in [2.45, 2.75) is 214 Å². The lowest BCUT2D eigenvalue weighted by atomic mass is 9.89. The molecule has 0 saturated carbocycles. The first-order valence-electron chi connectivity index (χ1n) is 34.4. The van der Waals surface area contributed by atoms with Crippen LogP contribution in [0.5, 0.6) is 0 Å². The second kappa shape index (κ2) is 40.3. The van der Waals surface area contributed by atoms with Crippen molar-refractivity contribution < 1.29 is 67.0 Å². The Balaban J connectivity index is 1.38. The molecule has 2 aliphatic heterocycles. The van der Waals surface area contributed by atoms with Crippen LogP contribution in [-0.4, -0.2) is 201 Å². The van der Waals surface area contributed by atoms with Crippen molar-refractivity contribution in [2.24, 2.45) is 41.2 Å². The topological polar surface area (TPSA) is 327 Å². The smallest absolute Gasteiger partial charge is 0.328 e. The molecule has 2 aliphatic rings. The lowest BCUT2D eigenvalue weighted by Gasteiger charge is -2.41. The van der Waals surface area contributed by atoms with E-state index in [-0.39, 0.29) is 104 Å². The van der Waals surface area contributed by atoms with Gasteiger partial charge in [-0.15, -0.1) is 0 Å². The van der Waals surface area contributed by atoms with Gasteiger partial charge in [0.25, 0.3) is 0 Å². The lowest BCUT2D eigenvalue weighted by molar-refractivity contribution is -0.149. The number of carbonyl (C=O) groups excluding carboxylic acids is 11. The number of imide groups is 1. The van der Waals surface area contributed by atoms with Gasteiger partial charge in [0.15, 0.2) is 0 Å². The molecular formula is C71H113N11O14. The fourth-order valence-corrected chi connectivity index (χ4v) is 13.1. The number of urea groups is 1. The first-order valence-corrected chi connectivity index (χ1v) is 34.4. The van der Waals surface area contributed by atoms with Crippen LogP contribution < -0.4 is 37.6 Å². The van der Waals surface area contributed by atoms with E-state index in [1.807, 2.05) is 103 Å². The highest BCUT2D eigenvalue weighted by Gasteiger charge is 2.44. The number of methoxy groups -OCH3 is 3. The first kappa shape index (κ1) is 80.9. The summed E-state index contributed by atoms with van der Waals surface area (Å²) >= 11 is 0. The fraction of sp³-hybridized carbons (Fsp3) is 0.676. The Morgan fingerprint density at radius 3 is 1.94 bits per heavy atom. The van der Waals surface area contributed by atoms with Crippen molar-refractivity contribution in [3.05, 3.63) is 65.7 Å². The molecule has 2 aromatic rings. The van der Waals surface area contributed by atoms with Gasteiger partial charge in [-0.25, -0.2) is 9.59 Å². The van der Waals surface area contributed by atoms with Gasteiger partial charge in [0.05, 0.1) is 49.8 Å². The molecule has 25 heteroatoms. The zero-order valence-electron chi connectivity index (χ0n) is 59.7. The van der Waals surface area contributed by atoms with E-state index in [4.69, 9.17) is 19.9 Å². The summed E-state index contributed by atoms with van der Waals surface area (Å²) in [4.78, 5) is 155. The number of likely N-dealkylation sites (N-methyl/N-ethyl adjacent to an activating group) is 2. The summed E-state index contributed by atoms with van der Waals surface area (Å²) in [5, 5.41) is 17.0. The third-order valence-electron chi connectivity index (χ3n) is 18.9.